The fourth-order valence-electron chi connectivity index (χ4n) is 3.93. The Morgan fingerprint density at radius 1 is 0.733 bits per heavy atom. The van der Waals surface area contributed by atoms with Gasteiger partial charge in [-0.3, -0.25) is 9.59 Å². The van der Waals surface area contributed by atoms with E-state index in [1.807, 2.05) is 28.0 Å². The summed E-state index contributed by atoms with van der Waals surface area (Å²) in [6.45, 7) is 6.97. The lowest BCUT2D eigenvalue weighted by molar-refractivity contribution is -0.139. The van der Waals surface area contributed by atoms with Gasteiger partial charge in [-0.1, -0.05) is 68.4 Å². The molecule has 4 heteroatoms. The quantitative estimate of drug-likeness (QED) is 0.650. The molecule has 0 aromatic heterocycles. The molecule has 0 atom stereocenters. The first-order valence-corrected chi connectivity index (χ1v) is 11.2. The molecule has 4 nitrogen and oxygen atoms in total. The lowest BCUT2D eigenvalue weighted by Gasteiger charge is -2.35. The van der Waals surface area contributed by atoms with Crippen LogP contribution in [0.5, 0.6) is 0 Å². The molecule has 1 saturated heterocycles. The Bertz CT molecular complexity index is 807. The minimum Gasteiger partial charge on any atom is -0.339 e. The predicted octanol–water partition coefficient (Wildman–Crippen LogP) is 4.44. The molecular weight excluding hydrogens is 372 g/mol. The van der Waals surface area contributed by atoms with Gasteiger partial charge in [0.2, 0.25) is 11.8 Å². The zero-order valence-corrected chi connectivity index (χ0v) is 18.3. The summed E-state index contributed by atoms with van der Waals surface area (Å²) in [5, 5.41) is 0. The molecule has 2 aromatic rings. The first-order chi connectivity index (χ1) is 14.5. The van der Waals surface area contributed by atoms with Crippen molar-refractivity contribution < 1.29 is 9.59 Å². The van der Waals surface area contributed by atoms with Crippen LogP contribution in [0.2, 0.25) is 0 Å². The molecule has 1 aliphatic rings. The number of nitrogens with zero attached hydrogens (tertiary/aromatic N) is 2. The van der Waals surface area contributed by atoms with Crippen molar-refractivity contribution in [2.24, 2.45) is 0 Å². The number of aryl methyl sites for hydroxylation is 2. The normalized spacial score (nSPS) is 14.2. The molecule has 0 spiro atoms. The number of piperazine rings is 1. The largest absolute Gasteiger partial charge is 0.339 e. The van der Waals surface area contributed by atoms with Gasteiger partial charge in [0, 0.05) is 39.0 Å². The van der Waals surface area contributed by atoms with Gasteiger partial charge in [0.25, 0.3) is 0 Å². The van der Waals surface area contributed by atoms with E-state index in [0.717, 1.165) is 19.3 Å². The molecule has 0 N–H and O–H groups in total. The Balaban J connectivity index is 1.35. The summed E-state index contributed by atoms with van der Waals surface area (Å²) in [5.74, 6) is 0.931. The van der Waals surface area contributed by atoms with E-state index >= 15 is 0 Å². The van der Waals surface area contributed by atoms with E-state index in [2.05, 4.69) is 50.2 Å². The molecule has 1 aliphatic heterocycles. The maximum absolute atomic E-state index is 12.6. The van der Waals surface area contributed by atoms with Crippen LogP contribution in [0.4, 0.5) is 0 Å². The third kappa shape index (κ3) is 6.45. The molecule has 160 valence electrons. The second-order valence-electron chi connectivity index (χ2n) is 8.50. The SMILES string of the molecule is CC(C)c1ccc(CCC(=O)N2CCN(C(=O)CCCc3ccccc3)CC2)cc1. The minimum absolute atomic E-state index is 0.194. The average molecular weight is 407 g/mol. The van der Waals surface area contributed by atoms with Crippen LogP contribution in [0.3, 0.4) is 0 Å². The first kappa shape index (κ1) is 22.1. The van der Waals surface area contributed by atoms with Gasteiger partial charge in [-0.25, -0.2) is 0 Å². The van der Waals surface area contributed by atoms with Crippen LogP contribution in [0.25, 0.3) is 0 Å². The summed E-state index contributed by atoms with van der Waals surface area (Å²) < 4.78 is 0. The van der Waals surface area contributed by atoms with E-state index < -0.39 is 0 Å². The fraction of sp³-hybridized carbons (Fsp3) is 0.462. The van der Waals surface area contributed by atoms with E-state index in [0.29, 0.717) is 44.9 Å². The first-order valence-electron chi connectivity index (χ1n) is 11.2. The summed E-state index contributed by atoms with van der Waals surface area (Å²) in [6, 6.07) is 18.9. The van der Waals surface area contributed by atoms with Gasteiger partial charge < -0.3 is 9.80 Å². The monoisotopic (exact) mass is 406 g/mol. The van der Waals surface area contributed by atoms with Gasteiger partial charge in [-0.2, -0.15) is 0 Å². The standard InChI is InChI=1S/C26H34N2O2/c1-21(2)24-14-11-23(12-15-24)13-16-26(30)28-19-17-27(18-20-28)25(29)10-6-9-22-7-4-3-5-8-22/h3-5,7-8,11-12,14-15,21H,6,9-10,13,16-20H2,1-2H3. The Labute approximate surface area is 180 Å². The average Bonchev–Trinajstić information content (AvgIpc) is 2.78. The smallest absolute Gasteiger partial charge is 0.223 e. The van der Waals surface area contributed by atoms with E-state index in [9.17, 15) is 9.59 Å². The van der Waals surface area contributed by atoms with Crippen LogP contribution in [-0.2, 0) is 22.4 Å². The summed E-state index contributed by atoms with van der Waals surface area (Å²) in [6.07, 6.45) is 3.69. The van der Waals surface area contributed by atoms with E-state index in [1.165, 1.54) is 16.7 Å². The fourth-order valence-corrected chi connectivity index (χ4v) is 3.93. The molecule has 30 heavy (non-hydrogen) atoms. The van der Waals surface area contributed by atoms with Crippen molar-refractivity contribution in [2.75, 3.05) is 26.2 Å². The van der Waals surface area contributed by atoms with Gasteiger partial charge in [-0.05, 0) is 41.9 Å². The molecule has 2 aromatic carbocycles. The Kier molecular flexibility index (Phi) is 8.06. The van der Waals surface area contributed by atoms with Crippen LogP contribution >= 0.6 is 0 Å². The van der Waals surface area contributed by atoms with Crippen LogP contribution < -0.4 is 0 Å². The van der Waals surface area contributed by atoms with Gasteiger partial charge in [0.15, 0.2) is 0 Å². The van der Waals surface area contributed by atoms with Gasteiger partial charge in [0.05, 0.1) is 0 Å². The van der Waals surface area contributed by atoms with Crippen molar-refractivity contribution in [2.45, 2.75) is 51.9 Å². The second-order valence-corrected chi connectivity index (χ2v) is 8.50. The zero-order chi connectivity index (χ0) is 21.3. The summed E-state index contributed by atoms with van der Waals surface area (Å²) >= 11 is 0. The zero-order valence-electron chi connectivity index (χ0n) is 18.3. The van der Waals surface area contributed by atoms with E-state index in [4.69, 9.17) is 0 Å². The number of benzene rings is 2. The maximum Gasteiger partial charge on any atom is 0.223 e. The number of carbonyl (C=O) groups excluding carboxylic acids is 2. The van der Waals surface area contributed by atoms with Gasteiger partial charge in [0.1, 0.15) is 0 Å². The van der Waals surface area contributed by atoms with Gasteiger partial charge in [-0.15, -0.1) is 0 Å². The lowest BCUT2D eigenvalue weighted by Crippen LogP contribution is -2.50. The van der Waals surface area contributed by atoms with Crippen molar-refractivity contribution >= 4 is 11.8 Å². The van der Waals surface area contributed by atoms with Gasteiger partial charge >= 0.3 is 0 Å². The number of amides is 2. The number of hydrogen-bond donors (Lipinski definition) is 0. The van der Waals surface area contributed by atoms with Crippen LogP contribution in [0, 0.1) is 0 Å². The molecule has 1 fully saturated rings. The molecular formula is C26H34N2O2. The molecule has 0 saturated carbocycles. The van der Waals surface area contributed by atoms with Crippen molar-refractivity contribution in [3.05, 3.63) is 71.3 Å². The van der Waals surface area contributed by atoms with E-state index in [-0.39, 0.29) is 11.8 Å². The highest BCUT2D eigenvalue weighted by molar-refractivity contribution is 5.78. The minimum atomic E-state index is 0.194. The number of hydrogen-bond acceptors (Lipinski definition) is 2. The third-order valence-electron chi connectivity index (χ3n) is 5.96. The van der Waals surface area contributed by atoms with Crippen LogP contribution in [0.1, 0.15) is 55.7 Å². The van der Waals surface area contributed by atoms with Crippen LogP contribution in [0.15, 0.2) is 54.6 Å². The predicted molar refractivity (Wildman–Crippen MR) is 121 cm³/mol. The molecule has 2 amide bonds. The van der Waals surface area contributed by atoms with Crippen molar-refractivity contribution in [1.29, 1.82) is 0 Å². The molecule has 0 unspecified atom stereocenters. The molecule has 1 heterocycles. The van der Waals surface area contributed by atoms with Crippen LogP contribution in [-0.4, -0.2) is 47.8 Å². The highest BCUT2D eigenvalue weighted by atomic mass is 16.2. The summed E-state index contributed by atoms with van der Waals surface area (Å²) in [7, 11) is 0. The lowest BCUT2D eigenvalue weighted by atomic mass is 10.00. The Hall–Kier alpha value is -2.62. The summed E-state index contributed by atoms with van der Waals surface area (Å²) in [5.41, 5.74) is 3.81. The second kappa shape index (κ2) is 11.0. The number of carbonyl (C=O) groups is 2. The van der Waals surface area contributed by atoms with E-state index in [1.54, 1.807) is 0 Å². The molecule has 3 rings (SSSR count). The molecule has 0 aliphatic carbocycles. The summed E-state index contributed by atoms with van der Waals surface area (Å²) in [4.78, 5) is 28.9. The Morgan fingerprint density at radius 2 is 1.27 bits per heavy atom. The molecule has 0 bridgehead atoms. The topological polar surface area (TPSA) is 40.6 Å². The third-order valence-corrected chi connectivity index (χ3v) is 5.96. The Morgan fingerprint density at radius 3 is 1.83 bits per heavy atom. The highest BCUT2D eigenvalue weighted by Crippen LogP contribution is 2.16. The van der Waals surface area contributed by atoms with Crippen molar-refractivity contribution in [3.63, 3.8) is 0 Å². The van der Waals surface area contributed by atoms with Crippen molar-refractivity contribution in [3.8, 4) is 0 Å². The number of rotatable bonds is 8. The molecule has 0 radical (unpaired) electrons. The highest BCUT2D eigenvalue weighted by Gasteiger charge is 2.23. The maximum atomic E-state index is 12.6. The van der Waals surface area contributed by atoms with Crippen molar-refractivity contribution in [1.82, 2.24) is 9.80 Å².